The standard InChI is InChI=1S/C35H38FN7O2/c1-40-14-16-41(17-15-40)29-10-8-28(9-11-29)37-32-23-31-33(26-4-3-5-27(36)22-26)39-43(24-25-6-12-30(44-2)13-7-25)34(31)35(38-32)42-18-20-45-21-19-42/h3-13,22-23H,14-21,24H2,1-2H3,(H,37,38). The highest BCUT2D eigenvalue weighted by atomic mass is 19.1. The quantitative estimate of drug-likeness (QED) is 0.244. The summed E-state index contributed by atoms with van der Waals surface area (Å²) in [4.78, 5) is 12.2. The molecule has 2 fully saturated rings. The Labute approximate surface area is 262 Å². The lowest BCUT2D eigenvalue weighted by atomic mass is 10.1. The van der Waals surface area contributed by atoms with Crippen molar-refractivity contribution in [3.63, 3.8) is 0 Å². The van der Waals surface area contributed by atoms with Crippen LogP contribution in [0.3, 0.4) is 0 Å². The second kappa shape index (κ2) is 12.7. The summed E-state index contributed by atoms with van der Waals surface area (Å²) in [7, 11) is 3.83. The van der Waals surface area contributed by atoms with Crippen molar-refractivity contribution in [2.45, 2.75) is 6.54 Å². The molecule has 0 aliphatic carbocycles. The van der Waals surface area contributed by atoms with Crippen molar-refractivity contribution in [1.82, 2.24) is 19.7 Å². The van der Waals surface area contributed by atoms with Crippen molar-refractivity contribution in [3.05, 3.63) is 90.2 Å². The molecule has 0 saturated carbocycles. The molecule has 2 aliphatic heterocycles. The number of nitrogens with one attached hydrogen (secondary N) is 1. The van der Waals surface area contributed by atoms with E-state index in [1.807, 2.05) is 41.1 Å². The van der Waals surface area contributed by atoms with Gasteiger partial charge in [-0.05, 0) is 67.2 Å². The number of hydrogen-bond acceptors (Lipinski definition) is 8. The number of hydrogen-bond donors (Lipinski definition) is 1. The lowest BCUT2D eigenvalue weighted by molar-refractivity contribution is 0.122. The third-order valence-corrected chi connectivity index (χ3v) is 8.62. The Morgan fingerprint density at radius 1 is 0.867 bits per heavy atom. The molecule has 0 atom stereocenters. The molecule has 0 bridgehead atoms. The summed E-state index contributed by atoms with van der Waals surface area (Å²) in [5.41, 5.74) is 5.58. The van der Waals surface area contributed by atoms with Gasteiger partial charge >= 0.3 is 0 Å². The van der Waals surface area contributed by atoms with Crippen LogP contribution in [0.5, 0.6) is 5.75 Å². The molecule has 9 nitrogen and oxygen atoms in total. The zero-order chi connectivity index (χ0) is 30.8. The van der Waals surface area contributed by atoms with Crippen LogP contribution < -0.4 is 19.9 Å². The Kier molecular flexibility index (Phi) is 8.23. The molecule has 7 rings (SSSR count). The Bertz CT molecular complexity index is 1760. The molecule has 4 heterocycles. The molecule has 1 N–H and O–H groups in total. The first-order valence-electron chi connectivity index (χ1n) is 15.5. The zero-order valence-corrected chi connectivity index (χ0v) is 25.7. The fourth-order valence-corrected chi connectivity index (χ4v) is 6.08. The van der Waals surface area contributed by atoms with Crippen molar-refractivity contribution >= 4 is 33.9 Å². The highest BCUT2D eigenvalue weighted by Crippen LogP contribution is 2.37. The van der Waals surface area contributed by atoms with E-state index in [2.05, 4.69) is 51.3 Å². The van der Waals surface area contributed by atoms with Gasteiger partial charge in [-0.25, -0.2) is 9.37 Å². The summed E-state index contributed by atoms with van der Waals surface area (Å²) >= 11 is 0. The molecule has 232 valence electrons. The average molecular weight is 608 g/mol. The normalized spacial score (nSPS) is 15.9. The second-order valence-electron chi connectivity index (χ2n) is 11.7. The summed E-state index contributed by atoms with van der Waals surface area (Å²) in [6.45, 7) is 7.37. The van der Waals surface area contributed by atoms with Crippen LogP contribution in [-0.2, 0) is 11.3 Å². The molecular weight excluding hydrogens is 569 g/mol. The van der Waals surface area contributed by atoms with Gasteiger partial charge < -0.3 is 29.5 Å². The zero-order valence-electron chi connectivity index (χ0n) is 25.7. The van der Waals surface area contributed by atoms with Gasteiger partial charge in [-0.15, -0.1) is 0 Å². The lowest BCUT2D eigenvalue weighted by Gasteiger charge is -2.34. The number of aromatic nitrogens is 3. The fourth-order valence-electron chi connectivity index (χ4n) is 6.08. The summed E-state index contributed by atoms with van der Waals surface area (Å²) in [5, 5.41) is 9.55. The first kappa shape index (κ1) is 29.1. The number of methoxy groups -OCH3 is 1. The molecule has 45 heavy (non-hydrogen) atoms. The highest BCUT2D eigenvalue weighted by molar-refractivity contribution is 6.01. The van der Waals surface area contributed by atoms with Crippen LogP contribution in [0.1, 0.15) is 5.56 Å². The third-order valence-electron chi connectivity index (χ3n) is 8.62. The molecule has 0 amide bonds. The molecule has 0 unspecified atom stereocenters. The maximum Gasteiger partial charge on any atom is 0.157 e. The molecule has 0 spiro atoms. The van der Waals surface area contributed by atoms with Gasteiger partial charge in [0.2, 0.25) is 0 Å². The van der Waals surface area contributed by atoms with Gasteiger partial charge in [0.05, 0.1) is 26.9 Å². The summed E-state index contributed by atoms with van der Waals surface area (Å²) in [6.07, 6.45) is 0. The first-order chi connectivity index (χ1) is 22.0. The number of pyridine rings is 1. The van der Waals surface area contributed by atoms with Gasteiger partial charge in [0.25, 0.3) is 0 Å². The van der Waals surface area contributed by atoms with Gasteiger partial charge in [0.1, 0.15) is 28.6 Å². The number of anilines is 4. The van der Waals surface area contributed by atoms with E-state index >= 15 is 0 Å². The number of piperazine rings is 1. The number of halogens is 1. The van der Waals surface area contributed by atoms with E-state index in [1.54, 1.807) is 19.2 Å². The van der Waals surface area contributed by atoms with E-state index in [0.29, 0.717) is 44.4 Å². The van der Waals surface area contributed by atoms with Crippen LogP contribution in [0.4, 0.5) is 27.4 Å². The molecule has 3 aromatic carbocycles. The van der Waals surface area contributed by atoms with E-state index in [1.165, 1.54) is 11.8 Å². The number of rotatable bonds is 8. The van der Waals surface area contributed by atoms with Crippen LogP contribution in [0.15, 0.2) is 78.9 Å². The largest absolute Gasteiger partial charge is 0.497 e. The van der Waals surface area contributed by atoms with Gasteiger partial charge in [0.15, 0.2) is 5.82 Å². The molecule has 2 saturated heterocycles. The van der Waals surface area contributed by atoms with E-state index in [0.717, 1.165) is 65.5 Å². The number of ether oxygens (including phenoxy) is 2. The maximum absolute atomic E-state index is 14.5. The second-order valence-corrected chi connectivity index (χ2v) is 11.7. The summed E-state index contributed by atoms with van der Waals surface area (Å²) < 4.78 is 27.6. The molecule has 10 heteroatoms. The lowest BCUT2D eigenvalue weighted by Crippen LogP contribution is -2.44. The van der Waals surface area contributed by atoms with Crippen LogP contribution in [0.25, 0.3) is 22.2 Å². The number of nitrogens with zero attached hydrogens (tertiary/aromatic N) is 6. The van der Waals surface area contributed by atoms with E-state index in [4.69, 9.17) is 19.6 Å². The Morgan fingerprint density at radius 3 is 2.33 bits per heavy atom. The van der Waals surface area contributed by atoms with Crippen molar-refractivity contribution in [1.29, 1.82) is 0 Å². The van der Waals surface area contributed by atoms with Gasteiger partial charge in [-0.3, -0.25) is 4.68 Å². The Balaban J connectivity index is 1.30. The molecule has 2 aromatic heterocycles. The number of fused-ring (bicyclic) bond motifs is 1. The topological polar surface area (TPSA) is 70.9 Å². The SMILES string of the molecule is COc1ccc(Cn2nc(-c3cccc(F)c3)c3cc(Nc4ccc(N5CCN(C)CC5)cc4)nc(N4CCOCC4)c32)cc1. The monoisotopic (exact) mass is 607 g/mol. The predicted molar refractivity (Wildman–Crippen MR) is 177 cm³/mol. The van der Waals surface area contributed by atoms with Crippen molar-refractivity contribution < 1.29 is 13.9 Å². The van der Waals surface area contributed by atoms with Gasteiger partial charge in [-0.2, -0.15) is 5.10 Å². The minimum absolute atomic E-state index is 0.299. The average Bonchev–Trinajstić information content (AvgIpc) is 3.44. The number of morpholine rings is 1. The number of likely N-dealkylation sites (N-methyl/N-ethyl adjacent to an activating group) is 1. The van der Waals surface area contributed by atoms with Gasteiger partial charge in [-0.1, -0.05) is 24.3 Å². The maximum atomic E-state index is 14.5. The van der Waals surface area contributed by atoms with E-state index in [9.17, 15) is 4.39 Å². The highest BCUT2D eigenvalue weighted by Gasteiger charge is 2.24. The molecule has 5 aromatic rings. The molecule has 2 aliphatic rings. The minimum Gasteiger partial charge on any atom is -0.497 e. The van der Waals surface area contributed by atoms with Crippen LogP contribution >= 0.6 is 0 Å². The number of benzene rings is 3. The third kappa shape index (κ3) is 6.29. The van der Waals surface area contributed by atoms with Crippen molar-refractivity contribution in [2.75, 3.05) is 81.8 Å². The smallest absolute Gasteiger partial charge is 0.157 e. The van der Waals surface area contributed by atoms with Crippen molar-refractivity contribution in [3.8, 4) is 17.0 Å². The van der Waals surface area contributed by atoms with Crippen molar-refractivity contribution in [2.24, 2.45) is 0 Å². The summed E-state index contributed by atoms with van der Waals surface area (Å²) in [5.74, 6) is 2.04. The summed E-state index contributed by atoms with van der Waals surface area (Å²) in [6, 6.07) is 25.2. The van der Waals surface area contributed by atoms with Crippen LogP contribution in [0.2, 0.25) is 0 Å². The Morgan fingerprint density at radius 2 is 1.62 bits per heavy atom. The fraction of sp³-hybridized carbons (Fsp3) is 0.314. The Hall–Kier alpha value is -4.67. The first-order valence-corrected chi connectivity index (χ1v) is 15.5. The van der Waals surface area contributed by atoms with E-state index < -0.39 is 0 Å². The van der Waals surface area contributed by atoms with Crippen LogP contribution in [0, 0.1) is 5.82 Å². The van der Waals surface area contributed by atoms with Gasteiger partial charge in [0, 0.05) is 61.6 Å². The minimum atomic E-state index is -0.299. The predicted octanol–water partition coefficient (Wildman–Crippen LogP) is 5.63. The van der Waals surface area contributed by atoms with E-state index in [-0.39, 0.29) is 5.82 Å². The molecule has 0 radical (unpaired) electrons. The molecular formula is C35H38FN7O2. The van der Waals surface area contributed by atoms with Crippen LogP contribution in [-0.4, -0.2) is 86.3 Å².